The fourth-order valence-corrected chi connectivity index (χ4v) is 1.28. The van der Waals surface area contributed by atoms with Crippen LogP contribution in [-0.2, 0) is 0 Å². The average molecular weight is 241 g/mol. The Hall–Kier alpha value is -1.95. The van der Waals surface area contributed by atoms with Gasteiger partial charge in [0, 0.05) is 25.2 Å². The minimum atomic E-state index is -1.13. The lowest BCUT2D eigenvalue weighted by molar-refractivity contribution is 0.0697. The topological polar surface area (TPSA) is 102 Å². The first kappa shape index (κ1) is 13.1. The first-order chi connectivity index (χ1) is 8.10. The number of anilines is 1. The van der Waals surface area contributed by atoms with E-state index in [1.54, 1.807) is 0 Å². The quantitative estimate of drug-likeness (QED) is 0.501. The van der Waals surface area contributed by atoms with E-state index in [1.807, 2.05) is 0 Å². The van der Waals surface area contributed by atoms with Crippen LogP contribution in [0.4, 0.5) is 5.69 Å². The van der Waals surface area contributed by atoms with Crippen LogP contribution in [0.15, 0.2) is 12.1 Å². The molecule has 0 aliphatic heterocycles. The molecule has 0 unspecified atom stereocenters. The molecule has 4 N–H and O–H groups in total. The van der Waals surface area contributed by atoms with Gasteiger partial charge in [0.2, 0.25) is 0 Å². The summed E-state index contributed by atoms with van der Waals surface area (Å²) in [4.78, 5) is 10.9. The molecule has 0 amide bonds. The molecule has 0 aromatic heterocycles. The van der Waals surface area contributed by atoms with Crippen molar-refractivity contribution in [1.29, 1.82) is 0 Å². The molecule has 0 saturated carbocycles. The summed E-state index contributed by atoms with van der Waals surface area (Å²) in [6.45, 7) is 0.277. The summed E-state index contributed by atoms with van der Waals surface area (Å²) in [6, 6.07) is 2.71. The van der Waals surface area contributed by atoms with E-state index in [2.05, 4.69) is 0 Å². The Morgan fingerprint density at radius 1 is 1.41 bits per heavy atom. The fourth-order valence-electron chi connectivity index (χ4n) is 1.28. The van der Waals surface area contributed by atoms with E-state index >= 15 is 0 Å². The zero-order valence-electron chi connectivity index (χ0n) is 9.47. The van der Waals surface area contributed by atoms with Crippen molar-refractivity contribution in [1.82, 2.24) is 0 Å². The lowest BCUT2D eigenvalue weighted by Gasteiger charge is -2.12. The van der Waals surface area contributed by atoms with Gasteiger partial charge in [0.15, 0.2) is 11.5 Å². The van der Waals surface area contributed by atoms with Gasteiger partial charge in [0.25, 0.3) is 0 Å². The van der Waals surface area contributed by atoms with Crippen LogP contribution in [0.2, 0.25) is 0 Å². The number of aliphatic hydroxyl groups is 1. The van der Waals surface area contributed by atoms with Crippen molar-refractivity contribution >= 4 is 11.7 Å². The molecule has 0 spiro atoms. The molecule has 6 nitrogen and oxygen atoms in total. The Morgan fingerprint density at radius 3 is 2.65 bits per heavy atom. The third-order valence-electron chi connectivity index (χ3n) is 2.13. The molecule has 1 aromatic rings. The summed E-state index contributed by atoms with van der Waals surface area (Å²) in [7, 11) is 1.44. The first-order valence-corrected chi connectivity index (χ1v) is 5.04. The SMILES string of the molecule is COc1cc(N)c(C(=O)O)cc1OCCCO. The third-order valence-corrected chi connectivity index (χ3v) is 2.13. The smallest absolute Gasteiger partial charge is 0.337 e. The molecule has 0 bridgehead atoms. The molecule has 6 heteroatoms. The Kier molecular flexibility index (Phi) is 4.59. The number of carboxylic acid groups (broad SMARTS) is 1. The van der Waals surface area contributed by atoms with E-state index in [0.717, 1.165) is 0 Å². The van der Waals surface area contributed by atoms with Crippen LogP contribution in [0.5, 0.6) is 11.5 Å². The van der Waals surface area contributed by atoms with Crippen LogP contribution in [-0.4, -0.2) is 36.5 Å². The van der Waals surface area contributed by atoms with Crippen LogP contribution >= 0.6 is 0 Å². The van der Waals surface area contributed by atoms with Gasteiger partial charge in [-0.3, -0.25) is 0 Å². The van der Waals surface area contributed by atoms with E-state index in [1.165, 1.54) is 19.2 Å². The lowest BCUT2D eigenvalue weighted by atomic mass is 10.1. The van der Waals surface area contributed by atoms with Crippen LogP contribution in [0.1, 0.15) is 16.8 Å². The third kappa shape index (κ3) is 3.25. The molecule has 0 aliphatic rings. The van der Waals surface area contributed by atoms with Gasteiger partial charge in [-0.1, -0.05) is 0 Å². The van der Waals surface area contributed by atoms with Gasteiger partial charge in [-0.05, 0) is 0 Å². The minimum Gasteiger partial charge on any atom is -0.493 e. The zero-order valence-corrected chi connectivity index (χ0v) is 9.47. The number of aromatic carboxylic acids is 1. The Labute approximate surface area is 98.6 Å². The molecule has 0 saturated heterocycles. The number of ether oxygens (including phenoxy) is 2. The molecule has 1 rings (SSSR count). The van der Waals surface area contributed by atoms with Crippen molar-refractivity contribution in [2.24, 2.45) is 0 Å². The molecule has 0 atom stereocenters. The van der Waals surface area contributed by atoms with E-state index in [4.69, 9.17) is 25.4 Å². The summed E-state index contributed by atoms with van der Waals surface area (Å²) in [5.41, 5.74) is 5.64. The number of aliphatic hydroxyl groups excluding tert-OH is 1. The number of benzene rings is 1. The fraction of sp³-hybridized carbons (Fsp3) is 0.364. The van der Waals surface area contributed by atoms with Crippen LogP contribution in [0.25, 0.3) is 0 Å². The van der Waals surface area contributed by atoms with E-state index in [0.29, 0.717) is 17.9 Å². The number of nitrogens with two attached hydrogens (primary N) is 1. The minimum absolute atomic E-state index is 0.00305. The molecule has 17 heavy (non-hydrogen) atoms. The molecule has 0 aliphatic carbocycles. The van der Waals surface area contributed by atoms with Gasteiger partial charge in [0.05, 0.1) is 25.0 Å². The normalized spacial score (nSPS) is 10.0. The summed E-state index contributed by atoms with van der Waals surface area (Å²) in [6.07, 6.45) is 0.454. The summed E-state index contributed by atoms with van der Waals surface area (Å²) >= 11 is 0. The van der Waals surface area contributed by atoms with Crippen molar-refractivity contribution in [3.63, 3.8) is 0 Å². The van der Waals surface area contributed by atoms with Crippen LogP contribution < -0.4 is 15.2 Å². The molecule has 0 radical (unpaired) electrons. The molecule has 1 aromatic carbocycles. The van der Waals surface area contributed by atoms with Crippen molar-refractivity contribution in [3.8, 4) is 11.5 Å². The molecule has 94 valence electrons. The second-order valence-corrected chi connectivity index (χ2v) is 3.32. The monoisotopic (exact) mass is 241 g/mol. The Morgan fingerprint density at radius 2 is 2.12 bits per heavy atom. The van der Waals surface area contributed by atoms with Crippen molar-refractivity contribution in [3.05, 3.63) is 17.7 Å². The van der Waals surface area contributed by atoms with Crippen LogP contribution in [0.3, 0.4) is 0 Å². The number of nitrogen functional groups attached to an aromatic ring is 1. The summed E-state index contributed by atoms with van der Waals surface area (Å²) < 4.78 is 10.3. The predicted octanol–water partition coefficient (Wildman–Crippen LogP) is 0.737. The van der Waals surface area contributed by atoms with Crippen LogP contribution in [0, 0.1) is 0 Å². The largest absolute Gasteiger partial charge is 0.493 e. The van der Waals surface area contributed by atoms with Crippen molar-refractivity contribution in [2.45, 2.75) is 6.42 Å². The number of rotatable bonds is 6. The second-order valence-electron chi connectivity index (χ2n) is 3.32. The average Bonchev–Trinajstić information content (AvgIpc) is 2.30. The highest BCUT2D eigenvalue weighted by Crippen LogP contribution is 2.32. The van der Waals surface area contributed by atoms with E-state index in [9.17, 15) is 4.79 Å². The van der Waals surface area contributed by atoms with Gasteiger partial charge in [0.1, 0.15) is 0 Å². The lowest BCUT2D eigenvalue weighted by Crippen LogP contribution is -2.06. The Bertz CT molecular complexity index is 405. The molecule has 0 fully saturated rings. The standard InChI is InChI=1S/C11H15NO5/c1-16-9-6-8(12)7(11(14)15)5-10(9)17-4-2-3-13/h5-6,13H,2-4,12H2,1H3,(H,14,15). The molecular formula is C11H15NO5. The van der Waals surface area contributed by atoms with Crippen molar-refractivity contribution < 1.29 is 24.5 Å². The predicted molar refractivity (Wildman–Crippen MR) is 61.6 cm³/mol. The first-order valence-electron chi connectivity index (χ1n) is 5.04. The zero-order chi connectivity index (χ0) is 12.8. The molecular weight excluding hydrogens is 226 g/mol. The highest BCUT2D eigenvalue weighted by atomic mass is 16.5. The summed E-state index contributed by atoms with van der Waals surface area (Å²) in [5, 5.41) is 17.5. The number of hydrogen-bond donors (Lipinski definition) is 3. The second kappa shape index (κ2) is 5.95. The number of hydrogen-bond acceptors (Lipinski definition) is 5. The van der Waals surface area contributed by atoms with Gasteiger partial charge in [-0.2, -0.15) is 0 Å². The van der Waals surface area contributed by atoms with Crippen molar-refractivity contribution in [2.75, 3.05) is 26.1 Å². The maximum atomic E-state index is 10.9. The van der Waals surface area contributed by atoms with Gasteiger partial charge < -0.3 is 25.4 Å². The maximum Gasteiger partial charge on any atom is 0.337 e. The van der Waals surface area contributed by atoms with E-state index in [-0.39, 0.29) is 24.5 Å². The maximum absolute atomic E-state index is 10.9. The number of methoxy groups -OCH3 is 1. The Balaban J connectivity index is 2.99. The highest BCUT2D eigenvalue weighted by molar-refractivity contribution is 5.94. The van der Waals surface area contributed by atoms with Gasteiger partial charge in [-0.15, -0.1) is 0 Å². The number of carboxylic acids is 1. The van der Waals surface area contributed by atoms with E-state index < -0.39 is 5.97 Å². The van der Waals surface area contributed by atoms with Gasteiger partial charge >= 0.3 is 5.97 Å². The molecule has 0 heterocycles. The summed E-state index contributed by atoms with van der Waals surface area (Å²) in [5.74, 6) is -0.463. The highest BCUT2D eigenvalue weighted by Gasteiger charge is 2.14. The number of carbonyl (C=O) groups is 1. The van der Waals surface area contributed by atoms with Gasteiger partial charge in [-0.25, -0.2) is 4.79 Å².